The van der Waals surface area contributed by atoms with E-state index >= 15 is 0 Å². The van der Waals surface area contributed by atoms with E-state index in [-0.39, 0.29) is 37.6 Å². The number of hydrogen-bond donors (Lipinski definition) is 4. The number of aliphatic hydroxyl groups excluding tert-OH is 3. The Morgan fingerprint density at radius 1 is 1.00 bits per heavy atom. The monoisotopic (exact) mass is 632 g/mol. The first kappa shape index (κ1) is 31.1. The molecular weight excluding hydrogens is 599 g/mol. The van der Waals surface area contributed by atoms with Gasteiger partial charge < -0.3 is 44.2 Å². The van der Waals surface area contributed by atoms with Crippen LogP contribution >= 0.6 is 0 Å². The Balaban J connectivity index is 1.48. The molecule has 46 heavy (non-hydrogen) atoms. The van der Waals surface area contributed by atoms with E-state index in [4.69, 9.17) is 18.6 Å². The smallest absolute Gasteiger partial charge is 0.290 e. The number of carbonyl (C=O) groups is 2. The van der Waals surface area contributed by atoms with E-state index in [0.717, 1.165) is 0 Å². The van der Waals surface area contributed by atoms with Gasteiger partial charge in [0.25, 0.3) is 5.91 Å². The minimum atomic E-state index is -1.36. The third-order valence-electron chi connectivity index (χ3n) is 8.32. The average Bonchev–Trinajstić information content (AvgIpc) is 3.69. The number of rotatable bonds is 10. The molecule has 0 unspecified atom stereocenters. The predicted molar refractivity (Wildman–Crippen MR) is 163 cm³/mol. The maximum Gasteiger partial charge on any atom is 0.290 e. The van der Waals surface area contributed by atoms with Gasteiger partial charge in [0, 0.05) is 29.6 Å². The molecule has 2 heterocycles. The van der Waals surface area contributed by atoms with Gasteiger partial charge >= 0.3 is 0 Å². The molecule has 240 valence electrons. The Kier molecular flexibility index (Phi) is 8.67. The van der Waals surface area contributed by atoms with Gasteiger partial charge in [0.15, 0.2) is 28.6 Å². The molecule has 0 fully saturated rings. The molecule has 0 radical (unpaired) electrons. The standard InChI is InChI=1S/C34H33FN2O9/c1-43-25-5-3-4-20-14-27(45-30(20)25)34(42)37(16-18-6-8-21(35)9-7-18)24-15-23(33(41)36-10-11-38)28-22-12-19(17-39)13-26(44-2)31(22)46-32(28)29(24)40/h3-9,12-15,24,28-29,32,38-40H,10-11,16-17H2,1-2H3,(H,36,41)/t24-,28+,29+,32+/m1/s1. The van der Waals surface area contributed by atoms with Gasteiger partial charge in [-0.25, -0.2) is 4.39 Å². The fourth-order valence-corrected chi connectivity index (χ4v) is 6.16. The van der Waals surface area contributed by atoms with Gasteiger partial charge in [-0.3, -0.25) is 9.59 Å². The summed E-state index contributed by atoms with van der Waals surface area (Å²) in [6.07, 6.45) is -0.890. The largest absolute Gasteiger partial charge is 0.493 e. The Labute approximate surface area is 263 Å². The lowest BCUT2D eigenvalue weighted by atomic mass is 9.77. The minimum absolute atomic E-state index is 0.0342. The number of carbonyl (C=O) groups excluding carboxylic acids is 2. The first-order chi connectivity index (χ1) is 22.3. The van der Waals surface area contributed by atoms with Crippen molar-refractivity contribution >= 4 is 22.8 Å². The second-order valence-electron chi connectivity index (χ2n) is 11.1. The maximum atomic E-state index is 14.3. The zero-order valence-corrected chi connectivity index (χ0v) is 25.1. The molecule has 0 bridgehead atoms. The number of para-hydroxylation sites is 1. The molecule has 1 aliphatic heterocycles. The van der Waals surface area contributed by atoms with Crippen molar-refractivity contribution in [2.75, 3.05) is 27.4 Å². The molecule has 4 aromatic rings. The minimum Gasteiger partial charge on any atom is -0.493 e. The zero-order valence-electron chi connectivity index (χ0n) is 25.1. The third kappa shape index (κ3) is 5.55. The van der Waals surface area contributed by atoms with Gasteiger partial charge in [0.05, 0.1) is 39.4 Å². The summed E-state index contributed by atoms with van der Waals surface area (Å²) in [5.41, 5.74) is 2.15. The van der Waals surface area contributed by atoms with Crippen LogP contribution in [0.1, 0.15) is 33.2 Å². The number of nitrogens with one attached hydrogen (secondary N) is 1. The molecule has 12 heteroatoms. The molecular formula is C34H33FN2O9. The van der Waals surface area contributed by atoms with Crippen molar-refractivity contribution in [3.63, 3.8) is 0 Å². The van der Waals surface area contributed by atoms with E-state index in [9.17, 15) is 29.3 Å². The number of amides is 2. The topological polar surface area (TPSA) is 151 Å². The molecule has 6 rings (SSSR count). The average molecular weight is 633 g/mol. The van der Waals surface area contributed by atoms with Crippen LogP contribution in [0.2, 0.25) is 0 Å². The number of furan rings is 1. The van der Waals surface area contributed by atoms with Crippen LogP contribution in [-0.2, 0) is 17.9 Å². The van der Waals surface area contributed by atoms with E-state index in [1.807, 2.05) is 0 Å². The van der Waals surface area contributed by atoms with Crippen molar-refractivity contribution in [1.82, 2.24) is 10.2 Å². The Bertz CT molecular complexity index is 1800. The number of ether oxygens (including phenoxy) is 3. The van der Waals surface area contributed by atoms with Gasteiger partial charge in [0.1, 0.15) is 18.0 Å². The van der Waals surface area contributed by atoms with E-state index in [1.54, 1.807) is 36.4 Å². The predicted octanol–water partition coefficient (Wildman–Crippen LogP) is 3.05. The quantitative estimate of drug-likeness (QED) is 0.207. The van der Waals surface area contributed by atoms with Crippen LogP contribution in [0, 0.1) is 5.82 Å². The maximum absolute atomic E-state index is 14.3. The van der Waals surface area contributed by atoms with Crippen LogP contribution in [0.25, 0.3) is 11.0 Å². The van der Waals surface area contributed by atoms with Gasteiger partial charge in [-0.1, -0.05) is 24.3 Å². The summed E-state index contributed by atoms with van der Waals surface area (Å²) in [6, 6.07) is 14.6. The number of aliphatic hydroxyl groups is 3. The van der Waals surface area contributed by atoms with E-state index in [0.29, 0.717) is 44.9 Å². The van der Waals surface area contributed by atoms with Crippen LogP contribution < -0.4 is 19.5 Å². The van der Waals surface area contributed by atoms with E-state index in [1.165, 1.54) is 49.5 Å². The molecule has 4 N–H and O–H groups in total. The number of hydrogen-bond acceptors (Lipinski definition) is 9. The van der Waals surface area contributed by atoms with Crippen LogP contribution in [-0.4, -0.2) is 77.7 Å². The van der Waals surface area contributed by atoms with Crippen LogP contribution in [0.15, 0.2) is 76.7 Å². The molecule has 1 aliphatic carbocycles. The van der Waals surface area contributed by atoms with Gasteiger partial charge in [0.2, 0.25) is 5.91 Å². The summed E-state index contributed by atoms with van der Waals surface area (Å²) in [7, 11) is 2.93. The molecule has 1 aromatic heterocycles. The number of methoxy groups -OCH3 is 2. The fraction of sp³-hybridized carbons (Fsp3) is 0.294. The lowest BCUT2D eigenvalue weighted by molar-refractivity contribution is -0.118. The molecule has 0 saturated heterocycles. The molecule has 2 amide bonds. The molecule has 0 spiro atoms. The lowest BCUT2D eigenvalue weighted by Gasteiger charge is -2.40. The summed E-state index contributed by atoms with van der Waals surface area (Å²) in [6.45, 7) is -0.726. The van der Waals surface area contributed by atoms with E-state index < -0.39 is 41.8 Å². The molecule has 11 nitrogen and oxygen atoms in total. The van der Waals surface area contributed by atoms with Crippen molar-refractivity contribution in [3.05, 3.63) is 101 Å². The van der Waals surface area contributed by atoms with Crippen molar-refractivity contribution < 1.29 is 47.9 Å². The lowest BCUT2D eigenvalue weighted by Crippen LogP contribution is -2.55. The highest BCUT2D eigenvalue weighted by atomic mass is 19.1. The van der Waals surface area contributed by atoms with Crippen LogP contribution in [0.4, 0.5) is 4.39 Å². The highest BCUT2D eigenvalue weighted by Crippen LogP contribution is 2.51. The van der Waals surface area contributed by atoms with Crippen molar-refractivity contribution in [2.45, 2.75) is 37.3 Å². The Morgan fingerprint density at radius 2 is 1.76 bits per heavy atom. The SMILES string of the molecule is COc1cc(CO)cc2c1O[C@@H]1[C@@H](O)[C@H](N(Cc3ccc(F)cc3)C(=O)c3cc4cccc(OC)c4o3)C=C(C(=O)NCCO)[C@H]21. The third-order valence-corrected chi connectivity index (χ3v) is 8.32. The first-order valence-electron chi connectivity index (χ1n) is 14.7. The summed E-state index contributed by atoms with van der Waals surface area (Å²) < 4.78 is 37.0. The number of fused-ring (bicyclic) bond motifs is 4. The fourth-order valence-electron chi connectivity index (χ4n) is 6.16. The summed E-state index contributed by atoms with van der Waals surface area (Å²) >= 11 is 0. The van der Waals surface area contributed by atoms with Crippen molar-refractivity contribution in [1.29, 1.82) is 0 Å². The Hall–Kier alpha value is -4.91. The molecule has 4 atom stereocenters. The van der Waals surface area contributed by atoms with Gasteiger partial charge in [-0.15, -0.1) is 0 Å². The van der Waals surface area contributed by atoms with Gasteiger partial charge in [-0.2, -0.15) is 0 Å². The molecule has 0 saturated carbocycles. The van der Waals surface area contributed by atoms with Crippen molar-refractivity contribution in [3.8, 4) is 17.2 Å². The number of nitrogens with zero attached hydrogens (tertiary/aromatic N) is 1. The second kappa shape index (κ2) is 12.8. The van der Waals surface area contributed by atoms with E-state index in [2.05, 4.69) is 5.32 Å². The highest BCUT2D eigenvalue weighted by Gasteiger charge is 2.51. The number of halogens is 1. The highest BCUT2D eigenvalue weighted by molar-refractivity contribution is 5.99. The molecule has 3 aromatic carbocycles. The first-order valence-corrected chi connectivity index (χ1v) is 14.7. The van der Waals surface area contributed by atoms with Crippen molar-refractivity contribution in [2.24, 2.45) is 0 Å². The summed E-state index contributed by atoms with van der Waals surface area (Å²) in [5.74, 6) is -1.39. The van der Waals surface area contributed by atoms with Crippen LogP contribution in [0.3, 0.4) is 0 Å². The normalized spacial score (nSPS) is 19.9. The number of benzene rings is 3. The Morgan fingerprint density at radius 3 is 2.46 bits per heavy atom. The summed E-state index contributed by atoms with van der Waals surface area (Å²) in [4.78, 5) is 29.3. The summed E-state index contributed by atoms with van der Waals surface area (Å²) in [5, 5.41) is 34.6. The van der Waals surface area contributed by atoms with Crippen LogP contribution in [0.5, 0.6) is 17.2 Å². The second-order valence-corrected chi connectivity index (χ2v) is 11.1. The zero-order chi connectivity index (χ0) is 32.5. The van der Waals surface area contributed by atoms with Gasteiger partial charge in [-0.05, 0) is 53.6 Å². The molecule has 2 aliphatic rings.